The molecule has 17 heavy (non-hydrogen) atoms. The lowest BCUT2D eigenvalue weighted by molar-refractivity contribution is -0.145. The maximum absolute atomic E-state index is 11.5. The zero-order valence-corrected chi connectivity index (χ0v) is 11.0. The molecule has 1 aliphatic heterocycles. The van der Waals surface area contributed by atoms with Gasteiger partial charge in [-0.2, -0.15) is 0 Å². The van der Waals surface area contributed by atoms with Crippen LogP contribution in [-0.4, -0.2) is 37.9 Å². The highest BCUT2D eigenvalue weighted by Gasteiger charge is 2.18. The summed E-state index contributed by atoms with van der Waals surface area (Å²) in [5.41, 5.74) is 0. The van der Waals surface area contributed by atoms with Crippen LogP contribution < -0.4 is 5.32 Å². The fraction of sp³-hybridized carbons (Fsp3) is 0.923. The monoisotopic (exact) mass is 243 g/mol. The summed E-state index contributed by atoms with van der Waals surface area (Å²) in [6.45, 7) is 5.98. The Balaban J connectivity index is 2.16. The number of nitrogens with one attached hydrogen (secondary N) is 1. The van der Waals surface area contributed by atoms with Gasteiger partial charge in [-0.3, -0.25) is 4.79 Å². The van der Waals surface area contributed by atoms with Gasteiger partial charge in [0.2, 0.25) is 0 Å². The van der Waals surface area contributed by atoms with E-state index < -0.39 is 0 Å². The lowest BCUT2D eigenvalue weighted by Gasteiger charge is -2.23. The van der Waals surface area contributed by atoms with Crippen molar-refractivity contribution in [3.05, 3.63) is 0 Å². The summed E-state index contributed by atoms with van der Waals surface area (Å²) in [5, 5.41) is 3.25. The Hall–Kier alpha value is -0.610. The average Bonchev–Trinajstić information content (AvgIpc) is 2.36. The number of carbonyl (C=O) groups excluding carboxylic acids is 1. The molecule has 0 aromatic rings. The molecule has 0 aromatic carbocycles. The SMILES string of the molecule is CCOC(=O)C(CC)NCCC1CCCCO1. The molecule has 1 saturated heterocycles. The van der Waals surface area contributed by atoms with Gasteiger partial charge < -0.3 is 14.8 Å². The molecule has 0 bridgehead atoms. The van der Waals surface area contributed by atoms with E-state index in [9.17, 15) is 4.79 Å². The maximum atomic E-state index is 11.5. The standard InChI is InChI=1S/C13H25NO3/c1-3-12(13(15)16-4-2)14-9-8-11-7-5-6-10-17-11/h11-12,14H,3-10H2,1-2H3. The summed E-state index contributed by atoms with van der Waals surface area (Å²) < 4.78 is 10.6. The molecule has 2 atom stereocenters. The fourth-order valence-corrected chi connectivity index (χ4v) is 2.09. The quantitative estimate of drug-likeness (QED) is 0.694. The van der Waals surface area contributed by atoms with Crippen LogP contribution in [0.25, 0.3) is 0 Å². The van der Waals surface area contributed by atoms with E-state index in [-0.39, 0.29) is 12.0 Å². The van der Waals surface area contributed by atoms with E-state index in [2.05, 4.69) is 5.32 Å². The third-order valence-corrected chi connectivity index (χ3v) is 3.11. The molecular weight excluding hydrogens is 218 g/mol. The van der Waals surface area contributed by atoms with Crippen molar-refractivity contribution in [3.63, 3.8) is 0 Å². The smallest absolute Gasteiger partial charge is 0.323 e. The third-order valence-electron chi connectivity index (χ3n) is 3.11. The zero-order chi connectivity index (χ0) is 12.5. The van der Waals surface area contributed by atoms with Crippen LogP contribution in [0.3, 0.4) is 0 Å². The van der Waals surface area contributed by atoms with Crippen LogP contribution in [-0.2, 0) is 14.3 Å². The molecule has 0 amide bonds. The van der Waals surface area contributed by atoms with E-state index in [1.54, 1.807) is 0 Å². The molecule has 1 N–H and O–H groups in total. The molecule has 1 heterocycles. The number of ether oxygens (including phenoxy) is 2. The number of hydrogen-bond donors (Lipinski definition) is 1. The lowest BCUT2D eigenvalue weighted by atomic mass is 10.1. The predicted octanol–water partition coefficient (Wildman–Crippen LogP) is 1.88. The van der Waals surface area contributed by atoms with Crippen LogP contribution in [0.5, 0.6) is 0 Å². The van der Waals surface area contributed by atoms with Gasteiger partial charge in [0, 0.05) is 6.61 Å². The lowest BCUT2D eigenvalue weighted by Crippen LogP contribution is -2.39. The summed E-state index contributed by atoms with van der Waals surface area (Å²) >= 11 is 0. The van der Waals surface area contributed by atoms with E-state index in [1.807, 2.05) is 13.8 Å². The Morgan fingerprint density at radius 1 is 1.47 bits per heavy atom. The van der Waals surface area contributed by atoms with Gasteiger partial charge in [0.15, 0.2) is 0 Å². The van der Waals surface area contributed by atoms with Crippen molar-refractivity contribution in [2.75, 3.05) is 19.8 Å². The van der Waals surface area contributed by atoms with Crippen molar-refractivity contribution in [1.29, 1.82) is 0 Å². The number of hydrogen-bond acceptors (Lipinski definition) is 4. The first-order chi connectivity index (χ1) is 8.27. The predicted molar refractivity (Wildman–Crippen MR) is 66.9 cm³/mol. The Morgan fingerprint density at radius 2 is 2.29 bits per heavy atom. The molecule has 4 nitrogen and oxygen atoms in total. The maximum Gasteiger partial charge on any atom is 0.323 e. The number of esters is 1. The molecule has 2 unspecified atom stereocenters. The Bertz CT molecular complexity index is 215. The van der Waals surface area contributed by atoms with Gasteiger partial charge in [-0.05, 0) is 45.6 Å². The van der Waals surface area contributed by atoms with E-state index in [0.29, 0.717) is 12.7 Å². The number of rotatable bonds is 7. The first-order valence-electron chi connectivity index (χ1n) is 6.79. The normalized spacial score (nSPS) is 22.1. The summed E-state index contributed by atoms with van der Waals surface area (Å²) in [5.74, 6) is -0.139. The second kappa shape index (κ2) is 8.48. The van der Waals surface area contributed by atoms with Gasteiger partial charge in [0.1, 0.15) is 6.04 Å². The molecule has 1 aliphatic rings. The molecule has 0 aromatic heterocycles. The average molecular weight is 243 g/mol. The topological polar surface area (TPSA) is 47.6 Å². The van der Waals surface area contributed by atoms with Crippen LogP contribution in [0.1, 0.15) is 46.0 Å². The van der Waals surface area contributed by atoms with Crippen molar-refractivity contribution >= 4 is 5.97 Å². The third kappa shape index (κ3) is 5.50. The highest BCUT2D eigenvalue weighted by Crippen LogP contribution is 2.14. The molecule has 100 valence electrons. The molecule has 1 rings (SSSR count). The van der Waals surface area contributed by atoms with Crippen LogP contribution in [0.4, 0.5) is 0 Å². The summed E-state index contributed by atoms with van der Waals surface area (Å²) in [6, 6.07) is -0.168. The van der Waals surface area contributed by atoms with Gasteiger partial charge in [-0.15, -0.1) is 0 Å². The summed E-state index contributed by atoms with van der Waals surface area (Å²) in [6.07, 6.45) is 5.72. The minimum Gasteiger partial charge on any atom is -0.465 e. The molecule has 4 heteroatoms. The van der Waals surface area contributed by atoms with Gasteiger partial charge >= 0.3 is 5.97 Å². The van der Waals surface area contributed by atoms with Crippen molar-refractivity contribution in [2.45, 2.75) is 58.1 Å². The highest BCUT2D eigenvalue weighted by atomic mass is 16.5. The minimum atomic E-state index is -0.168. The van der Waals surface area contributed by atoms with Crippen LogP contribution >= 0.6 is 0 Å². The van der Waals surface area contributed by atoms with Gasteiger partial charge in [0.05, 0.1) is 12.7 Å². The molecule has 0 radical (unpaired) electrons. The first kappa shape index (κ1) is 14.5. The fourth-order valence-electron chi connectivity index (χ4n) is 2.09. The van der Waals surface area contributed by atoms with Crippen LogP contribution in [0, 0.1) is 0 Å². The Morgan fingerprint density at radius 3 is 2.88 bits per heavy atom. The van der Waals surface area contributed by atoms with Crippen LogP contribution in [0.2, 0.25) is 0 Å². The van der Waals surface area contributed by atoms with Crippen molar-refractivity contribution < 1.29 is 14.3 Å². The van der Waals surface area contributed by atoms with Gasteiger partial charge in [-0.25, -0.2) is 0 Å². The minimum absolute atomic E-state index is 0.139. The van der Waals surface area contributed by atoms with Crippen molar-refractivity contribution in [2.24, 2.45) is 0 Å². The van der Waals surface area contributed by atoms with E-state index in [1.165, 1.54) is 12.8 Å². The summed E-state index contributed by atoms with van der Waals surface area (Å²) in [4.78, 5) is 11.5. The largest absolute Gasteiger partial charge is 0.465 e. The Labute approximate surface area is 104 Å². The second-order valence-electron chi connectivity index (χ2n) is 4.44. The van der Waals surface area contributed by atoms with Gasteiger partial charge in [-0.1, -0.05) is 6.92 Å². The molecule has 1 fully saturated rings. The number of carbonyl (C=O) groups is 1. The summed E-state index contributed by atoms with van der Waals surface area (Å²) in [7, 11) is 0. The zero-order valence-electron chi connectivity index (χ0n) is 11.0. The highest BCUT2D eigenvalue weighted by molar-refractivity contribution is 5.75. The molecule has 0 aliphatic carbocycles. The molecule has 0 spiro atoms. The molecular formula is C13H25NO3. The Kier molecular flexibility index (Phi) is 7.21. The van der Waals surface area contributed by atoms with E-state index in [4.69, 9.17) is 9.47 Å². The van der Waals surface area contributed by atoms with Crippen molar-refractivity contribution in [3.8, 4) is 0 Å². The van der Waals surface area contributed by atoms with E-state index >= 15 is 0 Å². The molecule has 0 saturated carbocycles. The first-order valence-corrected chi connectivity index (χ1v) is 6.79. The van der Waals surface area contributed by atoms with Crippen LogP contribution in [0.15, 0.2) is 0 Å². The van der Waals surface area contributed by atoms with Crippen molar-refractivity contribution in [1.82, 2.24) is 5.32 Å². The second-order valence-corrected chi connectivity index (χ2v) is 4.44. The van der Waals surface area contributed by atoms with Gasteiger partial charge in [0.25, 0.3) is 0 Å². The van der Waals surface area contributed by atoms with E-state index in [0.717, 1.165) is 32.4 Å².